The predicted octanol–water partition coefficient (Wildman–Crippen LogP) is 3.10. The first-order valence-electron chi connectivity index (χ1n) is 6.54. The molecule has 0 aliphatic heterocycles. The van der Waals surface area contributed by atoms with Gasteiger partial charge in [-0.3, -0.25) is 0 Å². The number of halogens is 2. The molecule has 106 valence electrons. The van der Waals surface area contributed by atoms with Crippen LogP contribution in [-0.4, -0.2) is 13.6 Å². The van der Waals surface area contributed by atoms with Gasteiger partial charge in [0.2, 0.25) is 0 Å². The number of nitrogens with two attached hydrogens (primary N) is 1. The fourth-order valence-electron chi connectivity index (χ4n) is 2.13. The van der Waals surface area contributed by atoms with Crippen molar-refractivity contribution in [3.8, 4) is 0 Å². The van der Waals surface area contributed by atoms with Crippen molar-refractivity contribution in [1.82, 2.24) is 0 Å². The van der Waals surface area contributed by atoms with E-state index in [2.05, 4.69) is 0 Å². The van der Waals surface area contributed by atoms with Crippen molar-refractivity contribution in [2.75, 3.05) is 18.5 Å². The van der Waals surface area contributed by atoms with E-state index in [1.165, 1.54) is 18.2 Å². The van der Waals surface area contributed by atoms with Crippen LogP contribution in [0.3, 0.4) is 0 Å². The summed E-state index contributed by atoms with van der Waals surface area (Å²) in [5, 5.41) is 0. The Morgan fingerprint density at radius 1 is 1.00 bits per heavy atom. The summed E-state index contributed by atoms with van der Waals surface area (Å²) in [4.78, 5) is 1.80. The highest BCUT2D eigenvalue weighted by Crippen LogP contribution is 2.21. The van der Waals surface area contributed by atoms with Crippen molar-refractivity contribution in [3.63, 3.8) is 0 Å². The van der Waals surface area contributed by atoms with Crippen molar-refractivity contribution < 1.29 is 8.78 Å². The lowest BCUT2D eigenvalue weighted by molar-refractivity contribution is 0.618. The normalized spacial score (nSPS) is 10.6. The summed E-state index contributed by atoms with van der Waals surface area (Å²) in [6.45, 7) is 1.03. The van der Waals surface area contributed by atoms with Crippen molar-refractivity contribution >= 4 is 5.69 Å². The van der Waals surface area contributed by atoms with Crippen LogP contribution in [0.15, 0.2) is 42.5 Å². The van der Waals surface area contributed by atoms with E-state index in [1.807, 2.05) is 13.1 Å². The number of hydrogen-bond donors (Lipinski definition) is 1. The molecule has 20 heavy (non-hydrogen) atoms. The van der Waals surface area contributed by atoms with E-state index in [-0.39, 0.29) is 11.6 Å². The molecule has 0 unspecified atom stereocenters. The van der Waals surface area contributed by atoms with Crippen LogP contribution in [0, 0.1) is 11.6 Å². The molecule has 0 aliphatic carbocycles. The first kappa shape index (κ1) is 14.5. The van der Waals surface area contributed by atoms with Crippen LogP contribution in [0.4, 0.5) is 14.5 Å². The molecule has 0 amide bonds. The monoisotopic (exact) mass is 276 g/mol. The molecule has 2 nitrogen and oxygen atoms in total. The molecule has 0 atom stereocenters. The van der Waals surface area contributed by atoms with Gasteiger partial charge in [-0.05, 0) is 48.4 Å². The molecule has 4 heteroatoms. The van der Waals surface area contributed by atoms with Crippen LogP contribution in [0.25, 0.3) is 0 Å². The van der Waals surface area contributed by atoms with Crippen LogP contribution in [-0.2, 0) is 13.0 Å². The molecule has 2 aromatic rings. The smallest absolute Gasteiger partial charge is 0.146 e. The summed E-state index contributed by atoms with van der Waals surface area (Å²) in [6.07, 6.45) is 0.666. The Morgan fingerprint density at radius 3 is 2.25 bits per heavy atom. The second-order valence-electron chi connectivity index (χ2n) is 4.81. The Balaban J connectivity index is 2.12. The van der Waals surface area contributed by atoms with E-state index in [0.29, 0.717) is 25.2 Å². The Labute approximate surface area is 117 Å². The summed E-state index contributed by atoms with van der Waals surface area (Å²) in [7, 11) is 1.81. The third-order valence-corrected chi connectivity index (χ3v) is 3.19. The molecule has 0 radical (unpaired) electrons. The second kappa shape index (κ2) is 6.48. The highest BCUT2D eigenvalue weighted by Gasteiger charge is 2.09. The van der Waals surface area contributed by atoms with Gasteiger partial charge < -0.3 is 10.6 Å². The van der Waals surface area contributed by atoms with Crippen LogP contribution < -0.4 is 10.6 Å². The molecule has 2 N–H and O–H groups in total. The molecule has 0 bridgehead atoms. The first-order chi connectivity index (χ1) is 9.60. The van der Waals surface area contributed by atoms with Crippen molar-refractivity contribution in [2.24, 2.45) is 5.73 Å². The summed E-state index contributed by atoms with van der Waals surface area (Å²) >= 11 is 0. The molecule has 0 spiro atoms. The third kappa shape index (κ3) is 3.54. The van der Waals surface area contributed by atoms with E-state index >= 15 is 0 Å². The number of nitrogens with zero attached hydrogens (tertiary/aromatic N) is 1. The quantitative estimate of drug-likeness (QED) is 0.909. The largest absolute Gasteiger partial charge is 0.368 e. The van der Waals surface area contributed by atoms with Crippen LogP contribution in [0.1, 0.15) is 11.1 Å². The number of hydrogen-bond acceptors (Lipinski definition) is 2. The van der Waals surface area contributed by atoms with Crippen molar-refractivity contribution in [3.05, 3.63) is 65.2 Å². The van der Waals surface area contributed by atoms with Gasteiger partial charge in [0, 0.05) is 13.6 Å². The highest BCUT2D eigenvalue weighted by molar-refractivity contribution is 5.49. The maximum Gasteiger partial charge on any atom is 0.146 e. The van der Waals surface area contributed by atoms with Gasteiger partial charge in [0.15, 0.2) is 0 Å². The summed E-state index contributed by atoms with van der Waals surface area (Å²) < 4.78 is 26.9. The van der Waals surface area contributed by atoms with E-state index in [0.717, 1.165) is 11.1 Å². The lowest BCUT2D eigenvalue weighted by atomic mass is 10.1. The fraction of sp³-hybridized carbons (Fsp3) is 0.250. The number of benzene rings is 2. The molecule has 0 heterocycles. The second-order valence-corrected chi connectivity index (χ2v) is 4.81. The fourth-order valence-corrected chi connectivity index (χ4v) is 2.13. The Hall–Kier alpha value is -1.94. The molecule has 2 rings (SSSR count). The van der Waals surface area contributed by atoms with E-state index in [1.54, 1.807) is 23.1 Å². The lowest BCUT2D eigenvalue weighted by Crippen LogP contribution is -2.18. The zero-order valence-electron chi connectivity index (χ0n) is 11.4. The molecule has 0 aliphatic rings. The first-order valence-corrected chi connectivity index (χ1v) is 6.54. The van der Waals surface area contributed by atoms with Gasteiger partial charge in [0.05, 0.1) is 5.69 Å². The van der Waals surface area contributed by atoms with Gasteiger partial charge in [-0.15, -0.1) is 0 Å². The number of rotatable bonds is 5. The molecule has 0 aromatic heterocycles. The average Bonchev–Trinajstić information content (AvgIpc) is 2.42. The third-order valence-electron chi connectivity index (χ3n) is 3.19. The summed E-state index contributed by atoms with van der Waals surface area (Å²) in [5.41, 5.74) is 7.81. The Kier molecular flexibility index (Phi) is 4.69. The maximum absolute atomic E-state index is 14.0. The van der Waals surface area contributed by atoms with Gasteiger partial charge in [0.25, 0.3) is 0 Å². The molecule has 0 saturated heterocycles. The average molecular weight is 276 g/mol. The molecule has 2 aromatic carbocycles. The summed E-state index contributed by atoms with van der Waals surface area (Å²) in [5.74, 6) is -0.533. The topological polar surface area (TPSA) is 29.3 Å². The Bertz CT molecular complexity index is 567. The standard InChI is InChI=1S/C16H18F2N2/c1-20(11-13-2-5-14(17)6-3-13)16-7-4-12(8-9-19)10-15(16)18/h2-7,10H,8-9,11,19H2,1H3. The minimum Gasteiger partial charge on any atom is -0.368 e. The predicted molar refractivity (Wildman–Crippen MR) is 77.7 cm³/mol. The van der Waals surface area contributed by atoms with Gasteiger partial charge >= 0.3 is 0 Å². The minimum atomic E-state index is -0.270. The van der Waals surface area contributed by atoms with Crippen molar-refractivity contribution in [1.29, 1.82) is 0 Å². The molecular formula is C16H18F2N2. The molecule has 0 fully saturated rings. The molecule has 0 saturated carbocycles. The molecular weight excluding hydrogens is 258 g/mol. The maximum atomic E-state index is 14.0. The minimum absolute atomic E-state index is 0.263. The van der Waals surface area contributed by atoms with Crippen molar-refractivity contribution in [2.45, 2.75) is 13.0 Å². The lowest BCUT2D eigenvalue weighted by Gasteiger charge is -2.20. The van der Waals surface area contributed by atoms with Gasteiger partial charge in [0.1, 0.15) is 11.6 Å². The summed E-state index contributed by atoms with van der Waals surface area (Å²) in [6, 6.07) is 11.4. The number of anilines is 1. The van der Waals surface area contributed by atoms with Crippen LogP contribution in [0.2, 0.25) is 0 Å². The van der Waals surface area contributed by atoms with E-state index < -0.39 is 0 Å². The zero-order valence-corrected chi connectivity index (χ0v) is 11.4. The van der Waals surface area contributed by atoms with Gasteiger partial charge in [-0.2, -0.15) is 0 Å². The van der Waals surface area contributed by atoms with E-state index in [4.69, 9.17) is 5.73 Å². The highest BCUT2D eigenvalue weighted by atomic mass is 19.1. The van der Waals surface area contributed by atoms with Gasteiger partial charge in [-0.1, -0.05) is 18.2 Å². The van der Waals surface area contributed by atoms with Crippen LogP contribution >= 0.6 is 0 Å². The SMILES string of the molecule is CN(Cc1ccc(F)cc1)c1ccc(CCN)cc1F. The van der Waals surface area contributed by atoms with Crippen LogP contribution in [0.5, 0.6) is 0 Å². The van der Waals surface area contributed by atoms with Gasteiger partial charge in [-0.25, -0.2) is 8.78 Å². The Morgan fingerprint density at radius 2 is 1.65 bits per heavy atom. The van der Waals surface area contributed by atoms with E-state index in [9.17, 15) is 8.78 Å². The zero-order chi connectivity index (χ0) is 14.5.